The molecule has 1 aliphatic heterocycles. The van der Waals surface area contributed by atoms with E-state index in [0.29, 0.717) is 5.82 Å². The average molecular weight is 192 g/mol. The molecule has 0 aromatic heterocycles. The molecule has 0 aromatic carbocycles. The van der Waals surface area contributed by atoms with Gasteiger partial charge in [-0.05, 0) is 19.6 Å². The molecule has 1 spiro atoms. The van der Waals surface area contributed by atoms with E-state index in [1.165, 1.54) is 0 Å². The van der Waals surface area contributed by atoms with Crippen molar-refractivity contribution in [3.63, 3.8) is 0 Å². The standard InChI is InChI=1S/C9H12N4O/c1-11-7-6(4-12-5-10)9(2-3-9)8(14)13-7/h4H,1-3,5,10H2,(H,13,14)/b12-4-. The summed E-state index contributed by atoms with van der Waals surface area (Å²) < 4.78 is 0. The van der Waals surface area contributed by atoms with Crippen LogP contribution in [0.15, 0.2) is 21.4 Å². The van der Waals surface area contributed by atoms with Crippen LogP contribution in [-0.4, -0.2) is 25.5 Å². The number of hydrogen-bond acceptors (Lipinski definition) is 4. The molecule has 0 bridgehead atoms. The average Bonchev–Trinajstić information content (AvgIpc) is 2.92. The van der Waals surface area contributed by atoms with Crippen LogP contribution in [0.3, 0.4) is 0 Å². The van der Waals surface area contributed by atoms with E-state index in [1.54, 1.807) is 6.21 Å². The first-order chi connectivity index (χ1) is 6.74. The Balaban J connectivity index is 2.36. The fourth-order valence-electron chi connectivity index (χ4n) is 1.72. The van der Waals surface area contributed by atoms with Crippen molar-refractivity contribution >= 4 is 18.8 Å². The Morgan fingerprint density at radius 2 is 2.36 bits per heavy atom. The molecule has 0 radical (unpaired) electrons. The lowest BCUT2D eigenvalue weighted by molar-refractivity contribution is -0.123. The Morgan fingerprint density at radius 3 is 2.86 bits per heavy atom. The Hall–Kier alpha value is -1.49. The van der Waals surface area contributed by atoms with E-state index in [4.69, 9.17) is 5.73 Å². The fraction of sp³-hybridized carbons (Fsp3) is 0.444. The fourth-order valence-corrected chi connectivity index (χ4v) is 1.72. The highest BCUT2D eigenvalue weighted by atomic mass is 16.2. The van der Waals surface area contributed by atoms with Gasteiger partial charge in [0.2, 0.25) is 5.91 Å². The Morgan fingerprint density at radius 1 is 1.64 bits per heavy atom. The first-order valence-electron chi connectivity index (χ1n) is 4.47. The largest absolute Gasteiger partial charge is 0.312 e. The van der Waals surface area contributed by atoms with Crippen LogP contribution in [0.4, 0.5) is 0 Å². The van der Waals surface area contributed by atoms with E-state index in [2.05, 4.69) is 22.0 Å². The van der Waals surface area contributed by atoms with Crippen LogP contribution in [0.2, 0.25) is 0 Å². The van der Waals surface area contributed by atoms with Gasteiger partial charge in [0.25, 0.3) is 0 Å². The molecule has 14 heavy (non-hydrogen) atoms. The molecular formula is C9H12N4O. The van der Waals surface area contributed by atoms with Crippen molar-refractivity contribution in [2.45, 2.75) is 12.8 Å². The third-order valence-electron chi connectivity index (χ3n) is 2.67. The van der Waals surface area contributed by atoms with Crippen molar-refractivity contribution in [1.29, 1.82) is 0 Å². The number of rotatable bonds is 3. The zero-order valence-electron chi connectivity index (χ0n) is 7.79. The second-order valence-electron chi connectivity index (χ2n) is 3.45. The lowest BCUT2D eigenvalue weighted by Gasteiger charge is -2.02. The molecule has 2 aliphatic rings. The summed E-state index contributed by atoms with van der Waals surface area (Å²) in [6, 6.07) is 0. The summed E-state index contributed by atoms with van der Waals surface area (Å²) in [5.41, 5.74) is 5.74. The van der Waals surface area contributed by atoms with Gasteiger partial charge in [-0.1, -0.05) is 0 Å². The monoisotopic (exact) mass is 192 g/mol. The molecule has 1 saturated carbocycles. The molecular weight excluding hydrogens is 180 g/mol. The topological polar surface area (TPSA) is 79.8 Å². The maximum Gasteiger partial charge on any atom is 0.236 e. The Bertz CT molecular complexity index is 352. The number of nitrogens with zero attached hydrogens (tertiary/aromatic N) is 2. The minimum absolute atomic E-state index is 0.0124. The number of nitrogens with one attached hydrogen (secondary N) is 1. The van der Waals surface area contributed by atoms with Crippen molar-refractivity contribution in [2.75, 3.05) is 6.67 Å². The first-order valence-corrected chi connectivity index (χ1v) is 4.47. The van der Waals surface area contributed by atoms with Crippen molar-refractivity contribution in [3.05, 3.63) is 11.4 Å². The highest BCUT2D eigenvalue weighted by Crippen LogP contribution is 2.55. The van der Waals surface area contributed by atoms with Gasteiger partial charge in [-0.15, -0.1) is 0 Å². The van der Waals surface area contributed by atoms with Crippen molar-refractivity contribution < 1.29 is 4.79 Å². The maximum atomic E-state index is 11.6. The number of nitrogens with two attached hydrogens (primary N) is 1. The first kappa shape index (κ1) is 9.08. The predicted octanol–water partition coefficient (Wildman–Crippen LogP) is -0.204. The van der Waals surface area contributed by atoms with Crippen LogP contribution in [-0.2, 0) is 4.79 Å². The number of hydrogen-bond donors (Lipinski definition) is 2. The smallest absolute Gasteiger partial charge is 0.236 e. The van der Waals surface area contributed by atoms with Crippen LogP contribution in [0.1, 0.15) is 12.8 Å². The van der Waals surface area contributed by atoms with Gasteiger partial charge in [-0.25, -0.2) is 4.99 Å². The van der Waals surface area contributed by atoms with Crippen molar-refractivity contribution in [3.8, 4) is 0 Å². The molecule has 0 saturated heterocycles. The molecule has 1 aliphatic carbocycles. The molecule has 5 heteroatoms. The third-order valence-corrected chi connectivity index (χ3v) is 2.67. The van der Waals surface area contributed by atoms with Gasteiger partial charge in [0, 0.05) is 11.8 Å². The van der Waals surface area contributed by atoms with Gasteiger partial charge in [-0.3, -0.25) is 9.79 Å². The van der Waals surface area contributed by atoms with E-state index >= 15 is 0 Å². The van der Waals surface area contributed by atoms with Gasteiger partial charge in [0.05, 0.1) is 12.1 Å². The minimum atomic E-state index is -0.366. The second kappa shape index (κ2) is 3.02. The molecule has 5 nitrogen and oxygen atoms in total. The maximum absolute atomic E-state index is 11.6. The summed E-state index contributed by atoms with van der Waals surface area (Å²) in [4.78, 5) is 19.3. The van der Waals surface area contributed by atoms with Crippen LogP contribution in [0, 0.1) is 5.41 Å². The summed E-state index contributed by atoms with van der Waals surface area (Å²) >= 11 is 0. The molecule has 1 amide bonds. The summed E-state index contributed by atoms with van der Waals surface area (Å²) in [7, 11) is 0. The zero-order chi connectivity index (χ0) is 10.2. The minimum Gasteiger partial charge on any atom is -0.312 e. The molecule has 74 valence electrons. The van der Waals surface area contributed by atoms with Gasteiger partial charge in [0.15, 0.2) is 0 Å². The number of amides is 1. The van der Waals surface area contributed by atoms with Gasteiger partial charge in [0.1, 0.15) is 5.82 Å². The highest BCUT2D eigenvalue weighted by molar-refractivity contribution is 6.03. The van der Waals surface area contributed by atoms with Crippen LogP contribution in [0.5, 0.6) is 0 Å². The SMILES string of the molecule is C=NC1=C(/C=N\CN)C2(CC2)C(=O)N1. The second-order valence-corrected chi connectivity index (χ2v) is 3.45. The number of carbonyl (C=O) groups is 1. The Labute approximate surface area is 81.8 Å². The van der Waals surface area contributed by atoms with E-state index in [0.717, 1.165) is 18.4 Å². The van der Waals surface area contributed by atoms with Crippen LogP contribution < -0.4 is 11.1 Å². The number of aliphatic imine (C=N–C) groups is 2. The summed E-state index contributed by atoms with van der Waals surface area (Å²) in [5.74, 6) is 0.545. The summed E-state index contributed by atoms with van der Waals surface area (Å²) in [5, 5.41) is 2.69. The molecule has 1 heterocycles. The number of carbonyl (C=O) groups excluding carboxylic acids is 1. The lowest BCUT2D eigenvalue weighted by Crippen LogP contribution is -2.22. The highest BCUT2D eigenvalue weighted by Gasteiger charge is 2.57. The third kappa shape index (κ3) is 1.09. The van der Waals surface area contributed by atoms with E-state index in [1.807, 2.05) is 0 Å². The van der Waals surface area contributed by atoms with Gasteiger partial charge >= 0.3 is 0 Å². The van der Waals surface area contributed by atoms with Crippen LogP contribution in [0.25, 0.3) is 0 Å². The Kier molecular flexibility index (Phi) is 1.96. The van der Waals surface area contributed by atoms with E-state index < -0.39 is 0 Å². The predicted molar refractivity (Wildman–Crippen MR) is 53.9 cm³/mol. The quantitative estimate of drug-likeness (QED) is 0.607. The lowest BCUT2D eigenvalue weighted by atomic mass is 9.99. The van der Waals surface area contributed by atoms with E-state index in [-0.39, 0.29) is 18.0 Å². The molecule has 0 aromatic rings. The summed E-state index contributed by atoms with van der Waals surface area (Å²) in [6.07, 6.45) is 3.36. The summed E-state index contributed by atoms with van der Waals surface area (Å²) in [6.45, 7) is 3.63. The van der Waals surface area contributed by atoms with Gasteiger partial charge < -0.3 is 11.1 Å². The zero-order valence-corrected chi connectivity index (χ0v) is 7.79. The van der Waals surface area contributed by atoms with Crippen molar-refractivity contribution in [2.24, 2.45) is 21.1 Å². The molecule has 2 rings (SSSR count). The van der Waals surface area contributed by atoms with Gasteiger partial charge in [-0.2, -0.15) is 0 Å². The van der Waals surface area contributed by atoms with Crippen molar-refractivity contribution in [1.82, 2.24) is 5.32 Å². The van der Waals surface area contributed by atoms with Crippen LogP contribution >= 0.6 is 0 Å². The molecule has 0 unspecified atom stereocenters. The molecule has 3 N–H and O–H groups in total. The normalized spacial score (nSPS) is 23.4. The molecule has 0 atom stereocenters. The van der Waals surface area contributed by atoms with E-state index in [9.17, 15) is 4.79 Å². The molecule has 1 fully saturated rings.